The number of rotatable bonds is 4. The van der Waals surface area contributed by atoms with Gasteiger partial charge in [0.15, 0.2) is 0 Å². The molecule has 1 aromatic rings. The molecule has 1 rings (SSSR count). The fraction of sp³-hybridized carbons (Fsp3) is 0.182. The highest BCUT2D eigenvalue weighted by molar-refractivity contribution is 9.10. The third kappa shape index (κ3) is 4.59. The molecule has 0 spiro atoms. The zero-order chi connectivity index (χ0) is 14.4. The van der Waals surface area contributed by atoms with E-state index in [9.17, 15) is 14.4 Å². The number of halogens is 1. The highest BCUT2D eigenvalue weighted by Gasteiger charge is 2.11. The molecule has 19 heavy (non-hydrogen) atoms. The van der Waals surface area contributed by atoms with Crippen LogP contribution < -0.4 is 10.6 Å². The Morgan fingerprint density at radius 1 is 1.37 bits per heavy atom. The number of methoxy groups -OCH3 is 1. The van der Waals surface area contributed by atoms with E-state index in [1.165, 1.54) is 25.3 Å². The summed E-state index contributed by atoms with van der Waals surface area (Å²) in [4.78, 5) is 33.1. The minimum absolute atomic E-state index is 0.0192. The van der Waals surface area contributed by atoms with Crippen molar-refractivity contribution < 1.29 is 24.2 Å². The molecular weight excluding hydrogens is 320 g/mol. The van der Waals surface area contributed by atoms with Crippen molar-refractivity contribution in [1.82, 2.24) is 5.32 Å². The lowest BCUT2D eigenvalue weighted by Gasteiger charge is -2.08. The zero-order valence-corrected chi connectivity index (χ0v) is 11.5. The van der Waals surface area contributed by atoms with E-state index in [1.54, 1.807) is 0 Å². The van der Waals surface area contributed by atoms with E-state index in [4.69, 9.17) is 5.11 Å². The number of carbonyl (C=O) groups is 3. The summed E-state index contributed by atoms with van der Waals surface area (Å²) < 4.78 is 4.76. The standard InChI is InChI=1S/C11H11BrN2O5/c1-19-9(15)5-13-11(18)14-6-2-3-8(12)7(4-6)10(16)17/h2-4H,5H2,1H3,(H,16,17)(H2,13,14,18). The molecule has 0 unspecified atom stereocenters. The summed E-state index contributed by atoms with van der Waals surface area (Å²) >= 11 is 3.09. The highest BCUT2D eigenvalue weighted by Crippen LogP contribution is 2.21. The summed E-state index contributed by atoms with van der Waals surface area (Å²) in [5, 5.41) is 13.6. The van der Waals surface area contributed by atoms with Crippen molar-refractivity contribution in [3.63, 3.8) is 0 Å². The van der Waals surface area contributed by atoms with Crippen molar-refractivity contribution in [2.24, 2.45) is 0 Å². The molecule has 0 radical (unpaired) electrons. The number of carboxylic acid groups (broad SMARTS) is 1. The second-order valence-electron chi connectivity index (χ2n) is 3.38. The van der Waals surface area contributed by atoms with Crippen molar-refractivity contribution in [2.75, 3.05) is 19.0 Å². The van der Waals surface area contributed by atoms with Crippen LogP contribution in [0.3, 0.4) is 0 Å². The smallest absolute Gasteiger partial charge is 0.336 e. The largest absolute Gasteiger partial charge is 0.478 e. The van der Waals surface area contributed by atoms with Gasteiger partial charge in [0.2, 0.25) is 0 Å². The summed E-state index contributed by atoms with van der Waals surface area (Å²) in [5.41, 5.74) is 0.314. The van der Waals surface area contributed by atoms with Crippen LogP contribution in [0.1, 0.15) is 10.4 Å². The average Bonchev–Trinajstić information content (AvgIpc) is 2.37. The number of carbonyl (C=O) groups excluding carboxylic acids is 2. The van der Waals surface area contributed by atoms with Crippen molar-refractivity contribution in [3.05, 3.63) is 28.2 Å². The number of hydrogen-bond acceptors (Lipinski definition) is 4. The van der Waals surface area contributed by atoms with Crippen LogP contribution in [0.2, 0.25) is 0 Å². The van der Waals surface area contributed by atoms with Gasteiger partial charge in [-0.15, -0.1) is 0 Å². The monoisotopic (exact) mass is 330 g/mol. The number of hydrogen-bond donors (Lipinski definition) is 3. The second-order valence-corrected chi connectivity index (χ2v) is 4.24. The number of carboxylic acids is 1. The first-order valence-corrected chi connectivity index (χ1v) is 5.88. The Morgan fingerprint density at radius 3 is 2.63 bits per heavy atom. The highest BCUT2D eigenvalue weighted by atomic mass is 79.9. The maximum Gasteiger partial charge on any atom is 0.336 e. The Morgan fingerprint density at radius 2 is 2.05 bits per heavy atom. The van der Waals surface area contributed by atoms with Gasteiger partial charge in [-0.25, -0.2) is 9.59 Å². The van der Waals surface area contributed by atoms with Gasteiger partial charge in [-0.3, -0.25) is 4.79 Å². The van der Waals surface area contributed by atoms with Crippen molar-refractivity contribution in [2.45, 2.75) is 0 Å². The van der Waals surface area contributed by atoms with Crippen LogP contribution in [-0.4, -0.2) is 36.7 Å². The molecule has 0 heterocycles. The van der Waals surface area contributed by atoms with Crippen LogP contribution in [0.5, 0.6) is 0 Å². The van der Waals surface area contributed by atoms with Crippen molar-refractivity contribution >= 4 is 39.6 Å². The van der Waals surface area contributed by atoms with Crippen molar-refractivity contribution in [1.29, 1.82) is 0 Å². The summed E-state index contributed by atoms with van der Waals surface area (Å²) in [6.45, 7) is -0.273. The number of nitrogens with one attached hydrogen (secondary N) is 2. The lowest BCUT2D eigenvalue weighted by atomic mass is 10.2. The van der Waals surface area contributed by atoms with Crippen LogP contribution >= 0.6 is 15.9 Å². The molecule has 1 aromatic carbocycles. The quantitative estimate of drug-likeness (QED) is 0.724. The fourth-order valence-corrected chi connectivity index (χ4v) is 1.58. The third-order valence-corrected chi connectivity index (χ3v) is 2.77. The van der Waals surface area contributed by atoms with E-state index < -0.39 is 18.0 Å². The first kappa shape index (κ1) is 15.0. The summed E-state index contributed by atoms with van der Waals surface area (Å²) in [7, 11) is 1.20. The topological polar surface area (TPSA) is 105 Å². The van der Waals surface area contributed by atoms with Crippen LogP contribution in [0.4, 0.5) is 10.5 Å². The predicted molar refractivity (Wildman–Crippen MR) is 70.1 cm³/mol. The molecule has 0 aliphatic rings. The number of ether oxygens (including phenoxy) is 1. The van der Waals surface area contributed by atoms with Gasteiger partial charge in [0.25, 0.3) is 0 Å². The molecule has 0 saturated carbocycles. The molecule has 0 bridgehead atoms. The number of benzene rings is 1. The summed E-state index contributed by atoms with van der Waals surface area (Å²) in [6.07, 6.45) is 0. The SMILES string of the molecule is COC(=O)CNC(=O)Nc1ccc(Br)c(C(=O)O)c1. The molecule has 0 aliphatic heterocycles. The molecule has 0 aliphatic carbocycles. The third-order valence-electron chi connectivity index (χ3n) is 2.08. The second kappa shape index (κ2) is 6.74. The van der Waals surface area contributed by atoms with E-state index in [2.05, 4.69) is 31.3 Å². The lowest BCUT2D eigenvalue weighted by Crippen LogP contribution is -2.33. The predicted octanol–water partition coefficient (Wildman–Crippen LogP) is 1.44. The first-order chi connectivity index (χ1) is 8.93. The van der Waals surface area contributed by atoms with Gasteiger partial charge < -0.3 is 20.5 Å². The molecule has 0 fully saturated rings. The minimum atomic E-state index is -1.12. The number of urea groups is 1. The Labute approximate surface area is 117 Å². The van der Waals surface area contributed by atoms with E-state index in [0.717, 1.165) is 0 Å². The molecule has 0 aromatic heterocycles. The number of esters is 1. The Bertz CT molecular complexity index is 518. The Kier molecular flexibility index (Phi) is 5.31. The van der Waals surface area contributed by atoms with Gasteiger partial charge in [0.05, 0.1) is 12.7 Å². The molecule has 102 valence electrons. The molecule has 8 heteroatoms. The van der Waals surface area contributed by atoms with Gasteiger partial charge in [0.1, 0.15) is 6.54 Å². The van der Waals surface area contributed by atoms with Gasteiger partial charge >= 0.3 is 18.0 Å². The van der Waals surface area contributed by atoms with E-state index in [-0.39, 0.29) is 12.1 Å². The normalized spacial score (nSPS) is 9.58. The molecule has 0 saturated heterocycles. The molecule has 0 atom stereocenters. The Hall–Kier alpha value is -2.09. The van der Waals surface area contributed by atoms with Crippen LogP contribution in [0.15, 0.2) is 22.7 Å². The summed E-state index contributed by atoms with van der Waals surface area (Å²) in [5.74, 6) is -1.71. The number of aromatic carboxylic acids is 1. The number of amides is 2. The maximum atomic E-state index is 11.4. The van der Waals surface area contributed by atoms with Crippen LogP contribution in [0.25, 0.3) is 0 Å². The van der Waals surface area contributed by atoms with E-state index >= 15 is 0 Å². The van der Waals surface area contributed by atoms with Gasteiger partial charge in [-0.2, -0.15) is 0 Å². The molecule has 2 amide bonds. The minimum Gasteiger partial charge on any atom is -0.478 e. The lowest BCUT2D eigenvalue weighted by molar-refractivity contribution is -0.139. The van der Waals surface area contributed by atoms with Gasteiger partial charge in [0, 0.05) is 10.2 Å². The fourth-order valence-electron chi connectivity index (χ4n) is 1.17. The molecule has 3 N–H and O–H groups in total. The van der Waals surface area contributed by atoms with Crippen LogP contribution in [0, 0.1) is 0 Å². The Balaban J connectivity index is 2.67. The first-order valence-electron chi connectivity index (χ1n) is 5.08. The molecule has 7 nitrogen and oxygen atoms in total. The zero-order valence-electron chi connectivity index (χ0n) is 9.90. The van der Waals surface area contributed by atoms with Gasteiger partial charge in [-0.1, -0.05) is 0 Å². The summed E-state index contributed by atoms with van der Waals surface area (Å²) in [6, 6.07) is 3.68. The maximum absolute atomic E-state index is 11.4. The van der Waals surface area contributed by atoms with E-state index in [1.807, 2.05) is 0 Å². The van der Waals surface area contributed by atoms with Gasteiger partial charge in [-0.05, 0) is 34.1 Å². The average molecular weight is 331 g/mol. The molecular formula is C11H11BrN2O5. The van der Waals surface area contributed by atoms with Crippen molar-refractivity contribution in [3.8, 4) is 0 Å². The van der Waals surface area contributed by atoms with Crippen LogP contribution in [-0.2, 0) is 9.53 Å². The van der Waals surface area contributed by atoms with E-state index in [0.29, 0.717) is 10.2 Å². The number of anilines is 1.